The molecule has 0 saturated carbocycles. The number of amides is 1. The largest absolute Gasteiger partial charge is 0.483 e. The summed E-state index contributed by atoms with van der Waals surface area (Å²) in [7, 11) is 0. The molecule has 0 bridgehead atoms. The lowest BCUT2D eigenvalue weighted by Crippen LogP contribution is -2.29. The number of thioether (sulfide) groups is 2. The third kappa shape index (κ3) is 5.26. The van der Waals surface area contributed by atoms with E-state index in [1.807, 2.05) is 25.3 Å². The molecule has 28 heavy (non-hydrogen) atoms. The summed E-state index contributed by atoms with van der Waals surface area (Å²) in [6.07, 6.45) is -0.382. The van der Waals surface area contributed by atoms with E-state index in [4.69, 9.17) is 4.74 Å². The first-order valence-corrected chi connectivity index (χ1v) is 10.9. The van der Waals surface area contributed by atoms with Gasteiger partial charge in [0.15, 0.2) is 22.3 Å². The minimum atomic E-state index is -0.382. The van der Waals surface area contributed by atoms with Gasteiger partial charge in [0.2, 0.25) is 5.91 Å². The zero-order valence-corrected chi connectivity index (χ0v) is 17.5. The van der Waals surface area contributed by atoms with Crippen LogP contribution < -0.4 is 10.1 Å². The second kappa shape index (κ2) is 9.42. The van der Waals surface area contributed by atoms with Crippen LogP contribution in [0.15, 0.2) is 34.4 Å². The Hall–Kier alpha value is -2.07. The summed E-state index contributed by atoms with van der Waals surface area (Å²) in [5.74, 6) is 1.89. The van der Waals surface area contributed by atoms with Crippen molar-refractivity contribution in [1.82, 2.24) is 20.1 Å². The topological polar surface area (TPSA) is 81.4 Å². The maximum Gasteiger partial charge on any atom is 0.236 e. The minimum Gasteiger partial charge on any atom is -0.483 e. The number of carbonyl (C=O) groups excluding carboxylic acids is 1. The molecule has 3 rings (SSSR count). The highest BCUT2D eigenvalue weighted by molar-refractivity contribution is 8.14. The molecule has 10 heteroatoms. The van der Waals surface area contributed by atoms with Gasteiger partial charge in [-0.3, -0.25) is 9.79 Å². The molecule has 1 aromatic carbocycles. The molecule has 0 radical (unpaired) electrons. The SMILES string of the molecule is CC(Oc1ccc(F)cc1)c1nnc(SCC(=O)NC2=NCCS2)n1C(C)C. The molecule has 0 fully saturated rings. The second-order valence-electron chi connectivity index (χ2n) is 6.39. The van der Waals surface area contributed by atoms with Gasteiger partial charge in [0.1, 0.15) is 11.6 Å². The Balaban J connectivity index is 1.66. The lowest BCUT2D eigenvalue weighted by molar-refractivity contribution is -0.117. The number of ether oxygens (including phenoxy) is 1. The summed E-state index contributed by atoms with van der Waals surface area (Å²) in [4.78, 5) is 16.3. The van der Waals surface area contributed by atoms with Gasteiger partial charge in [0.25, 0.3) is 0 Å². The van der Waals surface area contributed by atoms with Crippen molar-refractivity contribution in [3.05, 3.63) is 35.9 Å². The fourth-order valence-corrected chi connectivity index (χ4v) is 4.23. The van der Waals surface area contributed by atoms with E-state index in [1.54, 1.807) is 23.9 Å². The van der Waals surface area contributed by atoms with E-state index in [0.29, 0.717) is 21.9 Å². The average molecular weight is 424 g/mol. The first kappa shape index (κ1) is 20.7. The first-order chi connectivity index (χ1) is 13.4. The van der Waals surface area contributed by atoms with E-state index in [-0.39, 0.29) is 29.6 Å². The van der Waals surface area contributed by atoms with Crippen LogP contribution in [-0.4, -0.2) is 43.9 Å². The number of nitrogens with zero attached hydrogens (tertiary/aromatic N) is 4. The van der Waals surface area contributed by atoms with Crippen molar-refractivity contribution in [3.63, 3.8) is 0 Å². The molecule has 0 saturated heterocycles. The molecule has 1 N–H and O–H groups in total. The van der Waals surface area contributed by atoms with Crippen LogP contribution >= 0.6 is 23.5 Å². The summed E-state index contributed by atoms with van der Waals surface area (Å²) >= 11 is 2.87. The van der Waals surface area contributed by atoms with Crippen molar-refractivity contribution in [3.8, 4) is 5.75 Å². The third-order valence-electron chi connectivity index (χ3n) is 3.86. The van der Waals surface area contributed by atoms with Crippen molar-refractivity contribution < 1.29 is 13.9 Å². The number of rotatable bonds is 7. The van der Waals surface area contributed by atoms with Crippen LogP contribution in [-0.2, 0) is 4.79 Å². The van der Waals surface area contributed by atoms with E-state index in [0.717, 1.165) is 12.3 Å². The van der Waals surface area contributed by atoms with E-state index in [9.17, 15) is 9.18 Å². The number of hydrogen-bond acceptors (Lipinski definition) is 7. The fourth-order valence-electron chi connectivity index (χ4n) is 2.62. The van der Waals surface area contributed by atoms with E-state index in [2.05, 4.69) is 20.5 Å². The van der Waals surface area contributed by atoms with Crippen LogP contribution in [0.3, 0.4) is 0 Å². The highest BCUT2D eigenvalue weighted by Gasteiger charge is 2.22. The van der Waals surface area contributed by atoms with Crippen molar-refractivity contribution >= 4 is 34.6 Å². The standard InChI is InChI=1S/C18H22FN5O2S2/c1-11(2)24-16(12(3)26-14-6-4-13(19)5-7-14)22-23-18(24)28-10-15(25)21-17-20-8-9-27-17/h4-7,11-12H,8-10H2,1-3H3,(H,20,21,25). The van der Waals surface area contributed by atoms with Gasteiger partial charge in [-0.05, 0) is 45.0 Å². The van der Waals surface area contributed by atoms with Gasteiger partial charge < -0.3 is 14.6 Å². The first-order valence-electron chi connectivity index (χ1n) is 8.91. The number of carbonyl (C=O) groups is 1. The molecule has 0 aliphatic carbocycles. The molecule has 0 spiro atoms. The van der Waals surface area contributed by atoms with Crippen LogP contribution in [0, 0.1) is 5.82 Å². The molecule has 2 heterocycles. The molecule has 2 aromatic rings. The lowest BCUT2D eigenvalue weighted by atomic mass is 10.3. The molecule has 1 unspecified atom stereocenters. The zero-order chi connectivity index (χ0) is 20.1. The number of aromatic nitrogens is 3. The molecule has 1 aliphatic heterocycles. The lowest BCUT2D eigenvalue weighted by Gasteiger charge is -2.18. The number of aliphatic imine (C=N–C) groups is 1. The molecule has 1 aliphatic rings. The normalized spacial score (nSPS) is 14.8. The molecule has 1 aromatic heterocycles. The minimum absolute atomic E-state index is 0.0876. The second-order valence-corrected chi connectivity index (χ2v) is 8.42. The smallest absolute Gasteiger partial charge is 0.236 e. The monoisotopic (exact) mass is 423 g/mol. The zero-order valence-electron chi connectivity index (χ0n) is 15.9. The van der Waals surface area contributed by atoms with Gasteiger partial charge >= 0.3 is 0 Å². The Labute approximate surface area is 171 Å². The van der Waals surface area contributed by atoms with Crippen LogP contribution in [0.4, 0.5) is 4.39 Å². The Morgan fingerprint density at radius 3 is 2.71 bits per heavy atom. The Morgan fingerprint density at radius 2 is 2.07 bits per heavy atom. The summed E-state index contributed by atoms with van der Waals surface area (Å²) < 4.78 is 20.9. The summed E-state index contributed by atoms with van der Waals surface area (Å²) in [5, 5.41) is 12.6. The molecule has 1 atom stereocenters. The van der Waals surface area contributed by atoms with Crippen molar-refractivity contribution in [2.45, 2.75) is 38.1 Å². The van der Waals surface area contributed by atoms with Crippen LogP contribution in [0.1, 0.15) is 38.7 Å². The van der Waals surface area contributed by atoms with Crippen LogP contribution in [0.2, 0.25) is 0 Å². The van der Waals surface area contributed by atoms with Gasteiger partial charge in [0.05, 0.1) is 12.3 Å². The van der Waals surface area contributed by atoms with Crippen molar-refractivity contribution in [1.29, 1.82) is 0 Å². The van der Waals surface area contributed by atoms with Gasteiger partial charge in [-0.2, -0.15) is 0 Å². The molecule has 150 valence electrons. The maximum absolute atomic E-state index is 13.1. The van der Waals surface area contributed by atoms with Gasteiger partial charge in [-0.1, -0.05) is 23.5 Å². The molecular formula is C18H22FN5O2S2. The maximum atomic E-state index is 13.1. The number of halogens is 1. The van der Waals surface area contributed by atoms with Crippen molar-refractivity contribution in [2.75, 3.05) is 18.1 Å². The Morgan fingerprint density at radius 1 is 1.32 bits per heavy atom. The highest BCUT2D eigenvalue weighted by atomic mass is 32.2. The Kier molecular flexibility index (Phi) is 6.95. The average Bonchev–Trinajstić information content (AvgIpc) is 3.31. The van der Waals surface area contributed by atoms with E-state index in [1.165, 1.54) is 23.9 Å². The number of amidine groups is 1. The quantitative estimate of drug-likeness (QED) is 0.687. The third-order valence-corrected chi connectivity index (χ3v) is 5.70. The predicted octanol–water partition coefficient (Wildman–Crippen LogP) is 3.45. The van der Waals surface area contributed by atoms with Gasteiger partial charge in [-0.15, -0.1) is 10.2 Å². The van der Waals surface area contributed by atoms with E-state index >= 15 is 0 Å². The van der Waals surface area contributed by atoms with E-state index < -0.39 is 0 Å². The van der Waals surface area contributed by atoms with Crippen LogP contribution in [0.25, 0.3) is 0 Å². The number of hydrogen-bond donors (Lipinski definition) is 1. The predicted molar refractivity (Wildman–Crippen MR) is 109 cm³/mol. The molecule has 1 amide bonds. The summed E-state index contributed by atoms with van der Waals surface area (Å²) in [6, 6.07) is 5.94. The van der Waals surface area contributed by atoms with Gasteiger partial charge in [0, 0.05) is 11.8 Å². The summed E-state index contributed by atoms with van der Waals surface area (Å²) in [6.45, 7) is 6.64. The highest BCUT2D eigenvalue weighted by Crippen LogP contribution is 2.27. The molecular weight excluding hydrogens is 401 g/mol. The van der Waals surface area contributed by atoms with Gasteiger partial charge in [-0.25, -0.2) is 4.39 Å². The summed E-state index contributed by atoms with van der Waals surface area (Å²) in [5.41, 5.74) is 0. The number of nitrogens with one attached hydrogen (secondary N) is 1. The van der Waals surface area contributed by atoms with Crippen LogP contribution in [0.5, 0.6) is 5.75 Å². The number of benzene rings is 1. The fraction of sp³-hybridized carbons (Fsp3) is 0.444. The Bertz CT molecular complexity index is 854. The van der Waals surface area contributed by atoms with Crippen molar-refractivity contribution in [2.24, 2.45) is 4.99 Å². The molecule has 7 nitrogen and oxygen atoms in total.